The molecular weight excluding hydrogens is 220 g/mol. The molecule has 6 nitrogen and oxygen atoms in total. The molecule has 2 aromatic heterocycles. The van der Waals surface area contributed by atoms with Crippen molar-refractivity contribution >= 4 is 27.7 Å². The second-order valence-corrected chi connectivity index (χ2v) is 3.55. The summed E-state index contributed by atoms with van der Waals surface area (Å²) in [5.41, 5.74) is 0.550. The molecule has 0 aromatic carbocycles. The average molecular weight is 226 g/mol. The van der Waals surface area contributed by atoms with Crippen LogP contribution in [-0.4, -0.2) is 28.2 Å². The Hall–Kier alpha value is -1.89. The van der Waals surface area contributed by atoms with Gasteiger partial charge in [0.05, 0.1) is 12.6 Å². The van der Waals surface area contributed by atoms with E-state index in [1.807, 2.05) is 0 Å². The number of methoxy groups -OCH3 is 1. The summed E-state index contributed by atoms with van der Waals surface area (Å²) < 4.78 is 4.38. The van der Waals surface area contributed by atoms with Gasteiger partial charge in [0, 0.05) is 0 Å². The summed E-state index contributed by atoms with van der Waals surface area (Å²) in [5.74, 6) is -1.33. The zero-order chi connectivity index (χ0) is 11.0. The van der Waals surface area contributed by atoms with Crippen molar-refractivity contribution < 1.29 is 14.6 Å². The van der Waals surface area contributed by atoms with E-state index in [-0.39, 0.29) is 5.52 Å². The van der Waals surface area contributed by atoms with Crippen molar-refractivity contribution in [1.29, 1.82) is 0 Å². The molecule has 0 fully saturated rings. The van der Waals surface area contributed by atoms with Crippen molar-refractivity contribution in [2.24, 2.45) is 0 Å². The molecule has 2 aromatic rings. The van der Waals surface area contributed by atoms with Crippen LogP contribution in [0.1, 0.15) is 10.4 Å². The number of ether oxygens (including phenoxy) is 1. The highest BCUT2D eigenvalue weighted by molar-refractivity contribution is 7.16. The molecule has 0 bridgehead atoms. The summed E-state index contributed by atoms with van der Waals surface area (Å²) in [6, 6.07) is 0. The van der Waals surface area contributed by atoms with Gasteiger partial charge in [0.1, 0.15) is 10.3 Å². The van der Waals surface area contributed by atoms with Gasteiger partial charge in [-0.3, -0.25) is 4.79 Å². The van der Waals surface area contributed by atoms with Gasteiger partial charge in [-0.15, -0.1) is 11.3 Å². The van der Waals surface area contributed by atoms with Crippen molar-refractivity contribution in [1.82, 2.24) is 9.97 Å². The molecular formula is C8H6N2O4S. The number of nitrogens with one attached hydrogen (secondary N) is 1. The van der Waals surface area contributed by atoms with Crippen LogP contribution in [-0.2, 0) is 4.74 Å². The number of rotatable bonds is 1. The monoisotopic (exact) mass is 226 g/mol. The van der Waals surface area contributed by atoms with Crippen LogP contribution in [0.2, 0.25) is 0 Å². The van der Waals surface area contributed by atoms with Crippen LogP contribution in [0.15, 0.2) is 10.3 Å². The lowest BCUT2D eigenvalue weighted by Crippen LogP contribution is -2.18. The third-order valence-corrected chi connectivity index (χ3v) is 2.61. The normalized spacial score (nSPS) is 10.5. The minimum absolute atomic E-state index is 0.194. The number of fused-ring (bicyclic) bond motifs is 1. The van der Waals surface area contributed by atoms with E-state index in [1.165, 1.54) is 5.51 Å². The van der Waals surface area contributed by atoms with Gasteiger partial charge < -0.3 is 14.8 Å². The molecule has 78 valence electrons. The van der Waals surface area contributed by atoms with Gasteiger partial charge in [-0.2, -0.15) is 0 Å². The van der Waals surface area contributed by atoms with Crippen molar-refractivity contribution in [3.05, 3.63) is 21.4 Å². The summed E-state index contributed by atoms with van der Waals surface area (Å²) in [4.78, 5) is 29.3. The number of carbonyl (C=O) groups excluding carboxylic acids is 1. The first kappa shape index (κ1) is 9.66. The third kappa shape index (κ3) is 1.37. The highest BCUT2D eigenvalue weighted by Gasteiger charge is 2.20. The molecule has 0 atom stereocenters. The first-order valence-corrected chi connectivity index (χ1v) is 4.80. The standard InChI is InChI=1S/C8H6N2O4S/c1-14-8(13)3-5(11)4-7(10-6(3)12)15-2-9-4/h2H,1H3,(H2,10,11,12). The van der Waals surface area contributed by atoms with Gasteiger partial charge in [-0.05, 0) is 0 Å². The first-order chi connectivity index (χ1) is 7.15. The van der Waals surface area contributed by atoms with Crippen LogP contribution in [0.25, 0.3) is 10.3 Å². The molecule has 0 spiro atoms. The minimum atomic E-state index is -0.886. The molecule has 0 saturated heterocycles. The van der Waals surface area contributed by atoms with E-state index in [4.69, 9.17) is 0 Å². The van der Waals surface area contributed by atoms with Crippen molar-refractivity contribution in [2.45, 2.75) is 0 Å². The predicted molar refractivity (Wildman–Crippen MR) is 53.2 cm³/mol. The number of nitrogens with zero attached hydrogens (tertiary/aromatic N) is 1. The summed E-state index contributed by atoms with van der Waals surface area (Å²) in [5, 5.41) is 9.64. The fourth-order valence-corrected chi connectivity index (χ4v) is 1.86. The molecule has 0 amide bonds. The van der Waals surface area contributed by atoms with Crippen LogP contribution in [0.5, 0.6) is 5.75 Å². The Balaban J connectivity index is 2.84. The minimum Gasteiger partial charge on any atom is -0.505 e. The number of aromatic amines is 1. The summed E-state index contributed by atoms with van der Waals surface area (Å²) >= 11 is 1.16. The molecule has 0 saturated carbocycles. The maximum absolute atomic E-state index is 11.4. The van der Waals surface area contributed by atoms with Gasteiger partial charge in [-0.25, -0.2) is 9.78 Å². The molecule has 7 heteroatoms. The summed E-state index contributed by atoms with van der Waals surface area (Å²) in [6.07, 6.45) is 0. The lowest BCUT2D eigenvalue weighted by Gasteiger charge is -2.01. The topological polar surface area (TPSA) is 92.3 Å². The Morgan fingerprint density at radius 1 is 1.67 bits per heavy atom. The van der Waals surface area contributed by atoms with E-state index in [1.54, 1.807) is 0 Å². The van der Waals surface area contributed by atoms with E-state index in [0.29, 0.717) is 4.83 Å². The molecule has 0 aliphatic heterocycles. The van der Waals surface area contributed by atoms with Crippen molar-refractivity contribution in [3.8, 4) is 5.75 Å². The quantitative estimate of drug-likeness (QED) is 0.690. The summed E-state index contributed by atoms with van der Waals surface area (Å²) in [6.45, 7) is 0. The van der Waals surface area contributed by atoms with Gasteiger partial charge in [0.25, 0.3) is 5.56 Å². The van der Waals surface area contributed by atoms with E-state index in [2.05, 4.69) is 14.7 Å². The summed E-state index contributed by atoms with van der Waals surface area (Å²) in [7, 11) is 1.13. The molecule has 0 radical (unpaired) electrons. The number of thiazole rings is 1. The molecule has 0 unspecified atom stereocenters. The number of carbonyl (C=O) groups is 1. The Labute approximate surface area is 87.2 Å². The second-order valence-electron chi connectivity index (χ2n) is 2.70. The maximum atomic E-state index is 11.4. The molecule has 2 N–H and O–H groups in total. The van der Waals surface area contributed by atoms with Gasteiger partial charge >= 0.3 is 5.97 Å². The smallest absolute Gasteiger partial charge is 0.347 e. The predicted octanol–water partition coefficient (Wildman–Crippen LogP) is 0.477. The SMILES string of the molecule is COC(=O)c1c(O)c2ncsc2[nH]c1=O. The van der Waals surface area contributed by atoms with Gasteiger partial charge in [-0.1, -0.05) is 0 Å². The van der Waals surface area contributed by atoms with Crippen molar-refractivity contribution in [2.75, 3.05) is 7.11 Å². The number of H-pyrrole nitrogens is 1. The number of aromatic hydroxyl groups is 1. The third-order valence-electron chi connectivity index (χ3n) is 1.87. The first-order valence-electron chi connectivity index (χ1n) is 3.92. The number of esters is 1. The van der Waals surface area contributed by atoms with Crippen LogP contribution in [0, 0.1) is 0 Å². The van der Waals surface area contributed by atoms with E-state index < -0.39 is 22.8 Å². The Morgan fingerprint density at radius 3 is 3.07 bits per heavy atom. The second kappa shape index (κ2) is 3.35. The van der Waals surface area contributed by atoms with Crippen LogP contribution in [0.4, 0.5) is 0 Å². The Morgan fingerprint density at radius 2 is 2.40 bits per heavy atom. The lowest BCUT2D eigenvalue weighted by molar-refractivity contribution is 0.0595. The Kier molecular flexibility index (Phi) is 2.16. The van der Waals surface area contributed by atoms with Gasteiger partial charge in [0.2, 0.25) is 0 Å². The molecule has 2 heterocycles. The fraction of sp³-hybridized carbons (Fsp3) is 0.125. The van der Waals surface area contributed by atoms with E-state index in [0.717, 1.165) is 18.4 Å². The largest absolute Gasteiger partial charge is 0.505 e. The number of hydrogen-bond acceptors (Lipinski definition) is 6. The van der Waals surface area contributed by atoms with Crippen LogP contribution < -0.4 is 5.56 Å². The Bertz CT molecular complexity index is 586. The zero-order valence-corrected chi connectivity index (χ0v) is 8.42. The average Bonchev–Trinajstić information content (AvgIpc) is 2.65. The highest BCUT2D eigenvalue weighted by atomic mass is 32.1. The fourth-order valence-electron chi connectivity index (χ4n) is 1.19. The maximum Gasteiger partial charge on any atom is 0.347 e. The molecule has 0 aliphatic rings. The highest BCUT2D eigenvalue weighted by Crippen LogP contribution is 2.25. The number of hydrogen-bond donors (Lipinski definition) is 2. The number of aromatic nitrogens is 2. The number of pyridine rings is 1. The van der Waals surface area contributed by atoms with Crippen LogP contribution >= 0.6 is 11.3 Å². The zero-order valence-electron chi connectivity index (χ0n) is 7.60. The van der Waals surface area contributed by atoms with E-state index >= 15 is 0 Å². The van der Waals surface area contributed by atoms with Crippen molar-refractivity contribution in [3.63, 3.8) is 0 Å². The van der Waals surface area contributed by atoms with Gasteiger partial charge in [0.15, 0.2) is 11.3 Å². The van der Waals surface area contributed by atoms with Crippen LogP contribution in [0.3, 0.4) is 0 Å². The molecule has 2 rings (SSSR count). The van der Waals surface area contributed by atoms with E-state index in [9.17, 15) is 14.7 Å². The molecule has 0 aliphatic carbocycles. The molecule has 15 heavy (non-hydrogen) atoms. The lowest BCUT2D eigenvalue weighted by atomic mass is 10.2.